The Labute approximate surface area is 427 Å². The maximum absolute atomic E-state index is 15.5. The van der Waals surface area contributed by atoms with Gasteiger partial charge in [-0.1, -0.05) is 152 Å². The van der Waals surface area contributed by atoms with Crippen molar-refractivity contribution in [1.82, 2.24) is 4.90 Å². The smallest absolute Gasteiger partial charge is 0.411 e. The summed E-state index contributed by atoms with van der Waals surface area (Å²) in [7, 11) is 1.05. The van der Waals surface area contributed by atoms with E-state index in [0.717, 1.165) is 47.0 Å². The van der Waals surface area contributed by atoms with E-state index in [9.17, 15) is 19.2 Å². The summed E-state index contributed by atoms with van der Waals surface area (Å²) < 4.78 is 106. The molecule has 0 bridgehead atoms. The molecule has 376 valence electrons. The molecule has 0 radical (unpaired) electrons. The lowest BCUT2D eigenvalue weighted by Gasteiger charge is -2.38. The number of amides is 4. The van der Waals surface area contributed by atoms with E-state index >= 15 is 26.3 Å². The molecule has 0 spiro atoms. The van der Waals surface area contributed by atoms with Crippen LogP contribution in [0.25, 0.3) is 11.1 Å². The fourth-order valence-electron chi connectivity index (χ4n) is 10.1. The molecule has 0 fully saturated rings. The minimum Gasteiger partial charge on any atom is -0.492 e. The molecule has 8 aromatic rings. The van der Waals surface area contributed by atoms with Crippen LogP contribution in [0.2, 0.25) is 0 Å². The average Bonchev–Trinajstić information content (AvgIpc) is 3.78. The number of benzene rings is 8. The van der Waals surface area contributed by atoms with Crippen molar-refractivity contribution in [2.75, 3.05) is 25.2 Å². The van der Waals surface area contributed by atoms with E-state index in [1.807, 2.05) is 146 Å². The number of halogens is 6. The van der Waals surface area contributed by atoms with Crippen LogP contribution in [-0.2, 0) is 5.41 Å². The number of carbonyl (C=O) groups is 4. The van der Waals surface area contributed by atoms with E-state index in [4.69, 9.17) is 9.47 Å². The van der Waals surface area contributed by atoms with Crippen LogP contribution in [0.4, 0.5) is 32.0 Å². The molecule has 0 aromatic heterocycles. The molecule has 0 aliphatic carbocycles. The highest BCUT2D eigenvalue weighted by molar-refractivity contribution is 6.35. The Bertz CT molecular complexity index is 3400. The summed E-state index contributed by atoms with van der Waals surface area (Å²) >= 11 is 0. The third-order valence-corrected chi connectivity index (χ3v) is 14.0. The number of carbonyl (C=O) groups excluding carboxylic acids is 4. The third kappa shape index (κ3) is 8.89. The summed E-state index contributed by atoms with van der Waals surface area (Å²) in [6, 6.07) is 52.5. The highest BCUT2D eigenvalue weighted by Gasteiger charge is 2.73. The maximum atomic E-state index is 15.5. The zero-order valence-electron chi connectivity index (χ0n) is 40.2. The number of ether oxygens (including phenoxy) is 2. The van der Waals surface area contributed by atoms with E-state index < -0.39 is 69.2 Å². The summed E-state index contributed by atoms with van der Waals surface area (Å²) in [5.41, 5.74) is -4.05. The quantitative estimate of drug-likeness (QED) is 0.0796. The molecule has 2 heterocycles. The minimum absolute atomic E-state index is 0.0117. The standard InChI is InChI=1S/C61H44F6N2O6/c1-37-23-24-42(31-53(37)74-35-50(38-15-7-3-8-16-38)39-17-9-4-10-18-39)43-25-30-52(54(32-43)75-36-51(40-19-11-5-12-20-40)41-21-13-6-14-22-41)69-57(72)47-29-27-45(34-49(47)58(69)73)59(60(62,63)64,61(65,66)67)44-26-28-46-48(33-44)56(71)68(2)55(46)70/h3-34,50-51H,35-36H2,1-2H3. The zero-order valence-corrected chi connectivity index (χ0v) is 40.2. The first-order chi connectivity index (χ1) is 36.0. The Balaban J connectivity index is 1.05. The van der Waals surface area contributed by atoms with E-state index in [1.54, 1.807) is 12.1 Å². The van der Waals surface area contributed by atoms with Crippen LogP contribution in [0, 0.1) is 6.92 Å². The molecule has 4 amide bonds. The number of anilines is 1. The number of hydrogen-bond acceptors (Lipinski definition) is 6. The van der Waals surface area contributed by atoms with Crippen LogP contribution in [0.15, 0.2) is 194 Å². The van der Waals surface area contributed by atoms with Crippen LogP contribution in [0.5, 0.6) is 11.5 Å². The summed E-state index contributed by atoms with van der Waals surface area (Å²) in [5.74, 6) is -4.11. The SMILES string of the molecule is Cc1ccc(-c2ccc(N3C(=O)c4ccc(C(c5ccc6c(c5)C(=O)N(C)C6=O)(C(F)(F)F)C(F)(F)F)cc4C3=O)c(OCC(c3ccccc3)c3ccccc3)c2)cc1OCC(c1ccccc1)c1ccccc1. The third-order valence-electron chi connectivity index (χ3n) is 14.0. The number of nitrogens with zero attached hydrogens (tertiary/aromatic N) is 2. The zero-order chi connectivity index (χ0) is 52.8. The molecule has 0 unspecified atom stereocenters. The lowest BCUT2D eigenvalue weighted by Crippen LogP contribution is -2.55. The normalized spacial score (nSPS) is 13.7. The summed E-state index contributed by atoms with van der Waals surface area (Å²) in [6.45, 7) is 2.18. The lowest BCUT2D eigenvalue weighted by molar-refractivity contribution is -0.288. The Morgan fingerprint density at radius 1 is 0.427 bits per heavy atom. The van der Waals surface area contributed by atoms with Gasteiger partial charge in [0.05, 0.1) is 41.2 Å². The van der Waals surface area contributed by atoms with Crippen molar-refractivity contribution >= 4 is 29.3 Å². The second-order valence-corrected chi connectivity index (χ2v) is 18.4. The van der Waals surface area contributed by atoms with Gasteiger partial charge in [0, 0.05) is 18.9 Å². The van der Waals surface area contributed by atoms with Crippen molar-refractivity contribution in [3.63, 3.8) is 0 Å². The predicted molar refractivity (Wildman–Crippen MR) is 270 cm³/mol. The van der Waals surface area contributed by atoms with Gasteiger partial charge in [0.15, 0.2) is 0 Å². The van der Waals surface area contributed by atoms with Gasteiger partial charge in [-0.15, -0.1) is 0 Å². The Hall–Kier alpha value is -8.78. The number of alkyl halides is 6. The van der Waals surface area contributed by atoms with Gasteiger partial charge in [0.25, 0.3) is 23.6 Å². The van der Waals surface area contributed by atoms with Crippen LogP contribution < -0.4 is 14.4 Å². The first-order valence-corrected chi connectivity index (χ1v) is 23.8. The summed E-state index contributed by atoms with van der Waals surface area (Å²) in [5, 5.41) is 0. The van der Waals surface area contributed by atoms with Crippen molar-refractivity contribution in [2.45, 2.75) is 36.5 Å². The number of aryl methyl sites for hydroxylation is 1. The van der Waals surface area contributed by atoms with Gasteiger partial charge < -0.3 is 9.47 Å². The molecule has 0 saturated heterocycles. The van der Waals surface area contributed by atoms with Crippen LogP contribution in [-0.4, -0.2) is 61.1 Å². The van der Waals surface area contributed by atoms with E-state index in [2.05, 4.69) is 0 Å². The highest BCUT2D eigenvalue weighted by atomic mass is 19.4. The molecule has 8 aromatic carbocycles. The van der Waals surface area contributed by atoms with E-state index in [0.29, 0.717) is 57.5 Å². The Morgan fingerprint density at radius 3 is 1.25 bits per heavy atom. The second kappa shape index (κ2) is 19.6. The van der Waals surface area contributed by atoms with E-state index in [1.165, 1.54) is 6.07 Å². The topological polar surface area (TPSA) is 93.2 Å². The van der Waals surface area contributed by atoms with Crippen molar-refractivity contribution in [3.8, 4) is 22.6 Å². The first-order valence-electron chi connectivity index (χ1n) is 23.8. The first kappa shape index (κ1) is 49.8. The maximum Gasteiger partial charge on any atom is 0.411 e. The van der Waals surface area contributed by atoms with Gasteiger partial charge in [-0.25, -0.2) is 4.90 Å². The predicted octanol–water partition coefficient (Wildman–Crippen LogP) is 13.5. The molecule has 75 heavy (non-hydrogen) atoms. The minimum atomic E-state index is -6.13. The molecule has 0 N–H and O–H groups in total. The van der Waals surface area contributed by atoms with Gasteiger partial charge in [0.2, 0.25) is 5.41 Å². The van der Waals surface area contributed by atoms with Crippen LogP contribution in [0.3, 0.4) is 0 Å². The average molecular weight is 1020 g/mol. The van der Waals surface area contributed by atoms with Gasteiger partial charge >= 0.3 is 12.4 Å². The van der Waals surface area contributed by atoms with Gasteiger partial charge in [-0.3, -0.25) is 24.1 Å². The number of imide groups is 2. The lowest BCUT2D eigenvalue weighted by atomic mass is 9.71. The van der Waals surface area contributed by atoms with Gasteiger partial charge in [-0.2, -0.15) is 26.3 Å². The highest BCUT2D eigenvalue weighted by Crippen LogP contribution is 2.57. The number of fused-ring (bicyclic) bond motifs is 2. The fourth-order valence-corrected chi connectivity index (χ4v) is 10.1. The molecule has 14 heteroatoms. The molecule has 10 rings (SSSR count). The largest absolute Gasteiger partial charge is 0.492 e. The molecular formula is C61H44F6N2O6. The molecule has 0 saturated carbocycles. The van der Waals surface area contributed by atoms with Crippen LogP contribution >= 0.6 is 0 Å². The number of hydrogen-bond donors (Lipinski definition) is 0. The molecular weight excluding hydrogens is 971 g/mol. The Kier molecular flexibility index (Phi) is 13.0. The number of rotatable bonds is 14. The Morgan fingerprint density at radius 2 is 0.800 bits per heavy atom. The monoisotopic (exact) mass is 1010 g/mol. The molecule has 0 atom stereocenters. The van der Waals surface area contributed by atoms with Crippen molar-refractivity contribution in [2.24, 2.45) is 0 Å². The van der Waals surface area contributed by atoms with Crippen molar-refractivity contribution in [3.05, 3.63) is 255 Å². The molecule has 8 nitrogen and oxygen atoms in total. The molecule has 2 aliphatic rings. The van der Waals surface area contributed by atoms with Crippen molar-refractivity contribution < 1.29 is 55.0 Å². The molecule has 2 aliphatic heterocycles. The van der Waals surface area contributed by atoms with Gasteiger partial charge in [-0.05, 0) is 99.5 Å². The van der Waals surface area contributed by atoms with E-state index in [-0.39, 0.29) is 35.4 Å². The second-order valence-electron chi connectivity index (χ2n) is 18.4. The fraction of sp³-hybridized carbons (Fsp3) is 0.148. The summed E-state index contributed by atoms with van der Waals surface area (Å²) in [4.78, 5) is 55.9. The van der Waals surface area contributed by atoms with Gasteiger partial charge in [0.1, 0.15) is 11.5 Å². The van der Waals surface area contributed by atoms with Crippen molar-refractivity contribution in [1.29, 1.82) is 0 Å². The summed E-state index contributed by atoms with van der Waals surface area (Å²) in [6.07, 6.45) is -12.3. The van der Waals surface area contributed by atoms with Crippen LogP contribution in [0.1, 0.15) is 92.2 Å².